The topological polar surface area (TPSA) is 64.9 Å². The molecule has 4 nitrogen and oxygen atoms in total. The lowest BCUT2D eigenvalue weighted by Gasteiger charge is -2.41. The molecule has 4 heteroatoms. The van der Waals surface area contributed by atoms with Crippen LogP contribution in [0, 0.1) is 11.3 Å². The van der Waals surface area contributed by atoms with E-state index < -0.39 is 5.54 Å². The Morgan fingerprint density at radius 1 is 1.17 bits per heavy atom. The van der Waals surface area contributed by atoms with Crippen molar-refractivity contribution in [1.82, 2.24) is 0 Å². The number of fused-ring (bicyclic) bond motifs is 1. The van der Waals surface area contributed by atoms with Crippen LogP contribution in [-0.2, 0) is 4.79 Å². The van der Waals surface area contributed by atoms with Gasteiger partial charge < -0.3 is 10.6 Å². The van der Waals surface area contributed by atoms with Crippen LogP contribution in [0.25, 0.3) is 0 Å². The van der Waals surface area contributed by atoms with E-state index in [9.17, 15) is 4.79 Å². The third-order valence-electron chi connectivity index (χ3n) is 3.91. The molecular weight excluding hydrogens is 226 g/mol. The number of nitrogens with zero attached hydrogens (tertiary/aromatic N) is 1. The molecule has 1 heterocycles. The molecule has 3 rings (SSSR count). The van der Waals surface area contributed by atoms with Gasteiger partial charge in [0.2, 0.25) is 5.91 Å². The standard InChI is InChI=1S/C14H15N3O/c15-9-10-4-5-11-12(8-10)17-14(13(18)16-11)6-2-1-3-7-14/h4-5,8,17H,1-3,6-7H2,(H,16,18). The minimum absolute atomic E-state index is 0.0689. The minimum atomic E-state index is -0.459. The number of carbonyl (C=O) groups is 1. The van der Waals surface area contributed by atoms with E-state index in [1.807, 2.05) is 6.07 Å². The highest BCUT2D eigenvalue weighted by Crippen LogP contribution is 2.39. The van der Waals surface area contributed by atoms with Crippen LogP contribution in [0.4, 0.5) is 11.4 Å². The predicted octanol–water partition coefficient (Wildman–Crippen LogP) is 2.63. The summed E-state index contributed by atoms with van der Waals surface area (Å²) in [6.07, 6.45) is 5.09. The number of benzene rings is 1. The fourth-order valence-electron chi connectivity index (χ4n) is 2.89. The Hall–Kier alpha value is -2.02. The molecule has 0 unspecified atom stereocenters. The average molecular weight is 241 g/mol. The second-order valence-corrected chi connectivity index (χ2v) is 5.09. The molecule has 18 heavy (non-hydrogen) atoms. The Bertz CT molecular complexity index is 538. The van der Waals surface area contributed by atoms with Crippen LogP contribution in [0.2, 0.25) is 0 Å². The summed E-state index contributed by atoms with van der Waals surface area (Å²) in [6, 6.07) is 7.45. The van der Waals surface area contributed by atoms with Crippen molar-refractivity contribution in [3.63, 3.8) is 0 Å². The number of rotatable bonds is 0. The lowest BCUT2D eigenvalue weighted by molar-refractivity contribution is -0.121. The fraction of sp³-hybridized carbons (Fsp3) is 0.429. The summed E-state index contributed by atoms with van der Waals surface area (Å²) in [5.41, 5.74) is 1.80. The summed E-state index contributed by atoms with van der Waals surface area (Å²) in [5.74, 6) is 0.0689. The number of hydrogen-bond acceptors (Lipinski definition) is 3. The van der Waals surface area contributed by atoms with Gasteiger partial charge in [-0.3, -0.25) is 4.79 Å². The van der Waals surface area contributed by atoms with E-state index in [0.717, 1.165) is 37.1 Å². The zero-order valence-corrected chi connectivity index (χ0v) is 10.1. The molecule has 1 aromatic rings. The number of anilines is 2. The van der Waals surface area contributed by atoms with E-state index in [0.29, 0.717) is 5.56 Å². The van der Waals surface area contributed by atoms with Crippen molar-refractivity contribution in [1.29, 1.82) is 5.26 Å². The summed E-state index contributed by atoms with van der Waals surface area (Å²) < 4.78 is 0. The van der Waals surface area contributed by atoms with Crippen LogP contribution in [0.3, 0.4) is 0 Å². The molecule has 0 atom stereocenters. The minimum Gasteiger partial charge on any atom is -0.369 e. The van der Waals surface area contributed by atoms with Gasteiger partial charge in [0, 0.05) is 0 Å². The lowest BCUT2D eigenvalue weighted by Crippen LogP contribution is -2.53. The predicted molar refractivity (Wildman–Crippen MR) is 69.2 cm³/mol. The molecule has 1 saturated carbocycles. The van der Waals surface area contributed by atoms with Crippen LogP contribution in [0.1, 0.15) is 37.7 Å². The van der Waals surface area contributed by atoms with Gasteiger partial charge in [-0.1, -0.05) is 19.3 Å². The Labute approximate surface area is 106 Å². The highest BCUT2D eigenvalue weighted by atomic mass is 16.2. The van der Waals surface area contributed by atoms with E-state index in [1.54, 1.807) is 12.1 Å². The smallest absolute Gasteiger partial charge is 0.250 e. The first-order valence-electron chi connectivity index (χ1n) is 6.37. The molecule has 0 aromatic heterocycles. The van der Waals surface area contributed by atoms with Crippen molar-refractivity contribution in [3.05, 3.63) is 23.8 Å². The molecule has 2 aliphatic rings. The molecule has 92 valence electrons. The lowest BCUT2D eigenvalue weighted by atomic mass is 9.79. The molecule has 0 radical (unpaired) electrons. The van der Waals surface area contributed by atoms with Gasteiger partial charge in [0.25, 0.3) is 0 Å². The Morgan fingerprint density at radius 3 is 2.67 bits per heavy atom. The fourth-order valence-corrected chi connectivity index (χ4v) is 2.89. The molecule has 0 saturated heterocycles. The third-order valence-corrected chi connectivity index (χ3v) is 3.91. The van der Waals surface area contributed by atoms with Crippen molar-refractivity contribution < 1.29 is 4.79 Å². The van der Waals surface area contributed by atoms with Crippen molar-refractivity contribution in [2.24, 2.45) is 0 Å². The van der Waals surface area contributed by atoms with Crippen molar-refractivity contribution >= 4 is 17.3 Å². The molecule has 1 fully saturated rings. The summed E-state index contributed by atoms with van der Waals surface area (Å²) in [7, 11) is 0. The Morgan fingerprint density at radius 2 is 1.94 bits per heavy atom. The molecule has 1 aliphatic heterocycles. The summed E-state index contributed by atoms with van der Waals surface area (Å²) in [5, 5.41) is 15.3. The van der Waals surface area contributed by atoms with E-state index in [4.69, 9.17) is 5.26 Å². The van der Waals surface area contributed by atoms with E-state index in [2.05, 4.69) is 16.7 Å². The average Bonchev–Trinajstić information content (AvgIpc) is 2.41. The molecule has 2 N–H and O–H groups in total. The van der Waals surface area contributed by atoms with Gasteiger partial charge in [-0.25, -0.2) is 0 Å². The normalized spacial score (nSPS) is 20.5. The largest absolute Gasteiger partial charge is 0.369 e. The van der Waals surface area contributed by atoms with Gasteiger partial charge in [0.1, 0.15) is 5.54 Å². The first-order valence-corrected chi connectivity index (χ1v) is 6.37. The number of amides is 1. The zero-order valence-electron chi connectivity index (χ0n) is 10.1. The van der Waals surface area contributed by atoms with Crippen LogP contribution in [-0.4, -0.2) is 11.4 Å². The molecular formula is C14H15N3O. The maximum absolute atomic E-state index is 12.2. The number of carbonyl (C=O) groups excluding carboxylic acids is 1. The van der Waals surface area contributed by atoms with E-state index in [-0.39, 0.29) is 5.91 Å². The van der Waals surface area contributed by atoms with Gasteiger partial charge in [0.15, 0.2) is 0 Å². The SMILES string of the molecule is N#Cc1ccc2c(c1)NC1(CCCCC1)C(=O)N2. The Balaban J connectivity index is 1.99. The summed E-state index contributed by atoms with van der Waals surface area (Å²) in [6.45, 7) is 0. The maximum Gasteiger partial charge on any atom is 0.250 e. The van der Waals surface area contributed by atoms with Crippen LogP contribution >= 0.6 is 0 Å². The third kappa shape index (κ3) is 1.63. The maximum atomic E-state index is 12.2. The molecule has 1 aliphatic carbocycles. The molecule has 1 amide bonds. The van der Waals surface area contributed by atoms with Gasteiger partial charge in [-0.15, -0.1) is 0 Å². The molecule has 0 bridgehead atoms. The van der Waals surface area contributed by atoms with Crippen molar-refractivity contribution in [3.8, 4) is 6.07 Å². The van der Waals surface area contributed by atoms with Crippen LogP contribution < -0.4 is 10.6 Å². The van der Waals surface area contributed by atoms with Gasteiger partial charge in [0.05, 0.1) is 23.0 Å². The second kappa shape index (κ2) is 4.02. The monoisotopic (exact) mass is 241 g/mol. The number of hydrogen-bond donors (Lipinski definition) is 2. The van der Waals surface area contributed by atoms with Gasteiger partial charge >= 0.3 is 0 Å². The van der Waals surface area contributed by atoms with E-state index in [1.165, 1.54) is 6.42 Å². The molecule has 1 aromatic carbocycles. The van der Waals surface area contributed by atoms with Gasteiger partial charge in [-0.05, 0) is 31.0 Å². The van der Waals surface area contributed by atoms with Gasteiger partial charge in [-0.2, -0.15) is 5.26 Å². The van der Waals surface area contributed by atoms with Crippen LogP contribution in [0.5, 0.6) is 0 Å². The zero-order chi connectivity index (χ0) is 12.6. The first kappa shape index (κ1) is 11.1. The van der Waals surface area contributed by atoms with Crippen molar-refractivity contribution in [2.45, 2.75) is 37.6 Å². The summed E-state index contributed by atoms with van der Waals surface area (Å²) in [4.78, 5) is 12.2. The van der Waals surface area contributed by atoms with Crippen molar-refractivity contribution in [2.75, 3.05) is 10.6 Å². The van der Waals surface area contributed by atoms with E-state index >= 15 is 0 Å². The molecule has 1 spiro atoms. The number of nitriles is 1. The summed E-state index contributed by atoms with van der Waals surface area (Å²) >= 11 is 0. The highest BCUT2D eigenvalue weighted by Gasteiger charge is 2.42. The number of nitrogens with one attached hydrogen (secondary N) is 2. The quantitative estimate of drug-likeness (QED) is 0.733. The second-order valence-electron chi connectivity index (χ2n) is 5.09. The first-order chi connectivity index (χ1) is 8.73. The highest BCUT2D eigenvalue weighted by molar-refractivity contribution is 6.06. The Kier molecular flexibility index (Phi) is 2.48. The van der Waals surface area contributed by atoms with Crippen LogP contribution in [0.15, 0.2) is 18.2 Å².